The third kappa shape index (κ3) is 2.57. The van der Waals surface area contributed by atoms with Crippen LogP contribution in [0.15, 0.2) is 12.1 Å². The van der Waals surface area contributed by atoms with Crippen molar-refractivity contribution in [2.75, 3.05) is 13.6 Å². The van der Waals surface area contributed by atoms with E-state index in [1.165, 1.54) is 26.0 Å². The molecule has 16 heavy (non-hydrogen) atoms. The average molecular weight is 229 g/mol. The molecule has 1 aromatic carbocycles. The molecule has 0 heterocycles. The van der Waals surface area contributed by atoms with Gasteiger partial charge in [0, 0.05) is 5.56 Å². The highest BCUT2D eigenvalue weighted by molar-refractivity contribution is 5.29. The van der Waals surface area contributed by atoms with Crippen LogP contribution in [0, 0.1) is 18.6 Å². The van der Waals surface area contributed by atoms with Gasteiger partial charge in [-0.05, 0) is 39.4 Å². The van der Waals surface area contributed by atoms with Crippen LogP contribution in [0.5, 0.6) is 0 Å². The van der Waals surface area contributed by atoms with E-state index in [4.69, 9.17) is 0 Å². The summed E-state index contributed by atoms with van der Waals surface area (Å²) >= 11 is 0. The predicted molar refractivity (Wildman–Crippen MR) is 59.2 cm³/mol. The summed E-state index contributed by atoms with van der Waals surface area (Å²) < 4.78 is 27.0. The van der Waals surface area contributed by atoms with Crippen molar-refractivity contribution in [2.45, 2.75) is 25.9 Å². The van der Waals surface area contributed by atoms with Crippen molar-refractivity contribution >= 4 is 0 Å². The van der Waals surface area contributed by atoms with Gasteiger partial charge in [0.1, 0.15) is 0 Å². The Bertz CT molecular complexity index is 378. The summed E-state index contributed by atoms with van der Waals surface area (Å²) in [5, 5.41) is 12.9. The molecule has 0 aliphatic heterocycles. The van der Waals surface area contributed by atoms with Crippen molar-refractivity contribution in [1.82, 2.24) is 5.32 Å². The van der Waals surface area contributed by atoms with E-state index >= 15 is 0 Å². The van der Waals surface area contributed by atoms with Crippen LogP contribution in [0.3, 0.4) is 0 Å². The van der Waals surface area contributed by atoms with Gasteiger partial charge >= 0.3 is 0 Å². The summed E-state index contributed by atoms with van der Waals surface area (Å²) in [7, 11) is 1.74. The number of aryl methyl sites for hydroxylation is 1. The monoisotopic (exact) mass is 229 g/mol. The Morgan fingerprint density at radius 1 is 1.31 bits per heavy atom. The number of hydrogen-bond donors (Lipinski definition) is 2. The molecule has 2 N–H and O–H groups in total. The number of hydrogen-bond acceptors (Lipinski definition) is 2. The quantitative estimate of drug-likeness (QED) is 0.828. The van der Waals surface area contributed by atoms with Crippen molar-refractivity contribution in [2.24, 2.45) is 0 Å². The van der Waals surface area contributed by atoms with E-state index < -0.39 is 17.2 Å². The molecule has 0 fully saturated rings. The van der Waals surface area contributed by atoms with E-state index in [0.717, 1.165) is 0 Å². The summed E-state index contributed by atoms with van der Waals surface area (Å²) in [4.78, 5) is 0. The van der Waals surface area contributed by atoms with Gasteiger partial charge in [-0.3, -0.25) is 0 Å². The van der Waals surface area contributed by atoms with Gasteiger partial charge in [0.2, 0.25) is 0 Å². The van der Waals surface area contributed by atoms with Gasteiger partial charge in [-0.15, -0.1) is 0 Å². The second-order valence-corrected chi connectivity index (χ2v) is 4.19. The van der Waals surface area contributed by atoms with Crippen LogP contribution in [0.2, 0.25) is 0 Å². The van der Waals surface area contributed by atoms with E-state index in [1.807, 2.05) is 0 Å². The number of halogens is 2. The summed E-state index contributed by atoms with van der Waals surface area (Å²) in [6, 6.07) is 2.91. The van der Waals surface area contributed by atoms with Crippen LogP contribution < -0.4 is 5.32 Å². The normalized spacial score (nSPS) is 14.9. The second kappa shape index (κ2) is 4.89. The van der Waals surface area contributed by atoms with E-state index in [0.29, 0.717) is 13.0 Å². The Morgan fingerprint density at radius 3 is 2.50 bits per heavy atom. The molecule has 1 unspecified atom stereocenters. The minimum Gasteiger partial charge on any atom is -0.385 e. The summed E-state index contributed by atoms with van der Waals surface area (Å²) in [6.07, 6.45) is 0.322. The lowest BCUT2D eigenvalue weighted by Crippen LogP contribution is -2.28. The molecule has 4 heteroatoms. The molecule has 0 spiro atoms. The molecule has 0 aliphatic rings. The number of rotatable bonds is 4. The molecule has 0 amide bonds. The van der Waals surface area contributed by atoms with Crippen LogP contribution in [-0.2, 0) is 5.60 Å². The molecule has 2 nitrogen and oxygen atoms in total. The fourth-order valence-electron chi connectivity index (χ4n) is 1.57. The Balaban J connectivity index is 3.08. The SMILES string of the molecule is CNCCC(C)(O)c1ccc(C)c(F)c1F. The fourth-order valence-corrected chi connectivity index (χ4v) is 1.57. The van der Waals surface area contributed by atoms with Crippen molar-refractivity contribution in [3.8, 4) is 0 Å². The van der Waals surface area contributed by atoms with Gasteiger partial charge in [-0.1, -0.05) is 12.1 Å². The zero-order valence-electron chi connectivity index (χ0n) is 9.77. The summed E-state index contributed by atoms with van der Waals surface area (Å²) in [5.74, 6) is -1.84. The largest absolute Gasteiger partial charge is 0.385 e. The second-order valence-electron chi connectivity index (χ2n) is 4.19. The molecule has 90 valence electrons. The third-order valence-corrected chi connectivity index (χ3v) is 2.72. The minimum atomic E-state index is -1.36. The smallest absolute Gasteiger partial charge is 0.165 e. The maximum Gasteiger partial charge on any atom is 0.165 e. The fraction of sp³-hybridized carbons (Fsp3) is 0.500. The minimum absolute atomic E-state index is 0.00542. The van der Waals surface area contributed by atoms with Gasteiger partial charge in [0.05, 0.1) is 5.60 Å². The lowest BCUT2D eigenvalue weighted by atomic mass is 9.91. The first-order valence-corrected chi connectivity index (χ1v) is 5.22. The van der Waals surface area contributed by atoms with Crippen LogP contribution in [0.25, 0.3) is 0 Å². The van der Waals surface area contributed by atoms with Crippen molar-refractivity contribution in [3.05, 3.63) is 34.9 Å². The Labute approximate surface area is 94.3 Å². The van der Waals surface area contributed by atoms with E-state index in [-0.39, 0.29) is 11.1 Å². The maximum absolute atomic E-state index is 13.6. The van der Waals surface area contributed by atoms with Crippen molar-refractivity contribution < 1.29 is 13.9 Å². The standard InChI is InChI=1S/C12H17F2NO/c1-8-4-5-9(11(14)10(8)13)12(2,16)6-7-15-3/h4-5,15-16H,6-7H2,1-3H3. The van der Waals surface area contributed by atoms with Crippen LogP contribution in [0.1, 0.15) is 24.5 Å². The number of aliphatic hydroxyl groups is 1. The van der Waals surface area contributed by atoms with Gasteiger partial charge in [-0.25, -0.2) is 8.78 Å². The zero-order valence-corrected chi connectivity index (χ0v) is 9.77. The molecule has 0 aliphatic carbocycles. The molecule has 0 saturated heterocycles. The predicted octanol–water partition coefficient (Wildman–Crippen LogP) is 2.09. The molecule has 0 bridgehead atoms. The first-order valence-electron chi connectivity index (χ1n) is 5.22. The molecule has 1 atom stereocenters. The molecular weight excluding hydrogens is 212 g/mol. The Hall–Kier alpha value is -1.00. The van der Waals surface area contributed by atoms with E-state index in [9.17, 15) is 13.9 Å². The molecule has 0 saturated carbocycles. The highest BCUT2D eigenvalue weighted by Crippen LogP contribution is 2.28. The lowest BCUT2D eigenvalue weighted by molar-refractivity contribution is 0.0441. The highest BCUT2D eigenvalue weighted by atomic mass is 19.2. The van der Waals surface area contributed by atoms with Gasteiger partial charge in [0.15, 0.2) is 11.6 Å². The van der Waals surface area contributed by atoms with Gasteiger partial charge in [0.25, 0.3) is 0 Å². The van der Waals surface area contributed by atoms with Gasteiger partial charge < -0.3 is 10.4 Å². The maximum atomic E-state index is 13.6. The Morgan fingerprint density at radius 2 is 1.94 bits per heavy atom. The molecular formula is C12H17F2NO. The van der Waals surface area contributed by atoms with Crippen molar-refractivity contribution in [1.29, 1.82) is 0 Å². The third-order valence-electron chi connectivity index (χ3n) is 2.72. The molecule has 1 rings (SSSR count). The number of benzene rings is 1. The van der Waals surface area contributed by atoms with E-state index in [2.05, 4.69) is 5.32 Å². The molecule has 0 radical (unpaired) electrons. The molecule has 1 aromatic rings. The van der Waals surface area contributed by atoms with E-state index in [1.54, 1.807) is 7.05 Å². The van der Waals surface area contributed by atoms with Crippen LogP contribution >= 0.6 is 0 Å². The molecule has 0 aromatic heterocycles. The number of nitrogens with one attached hydrogen (secondary N) is 1. The lowest BCUT2D eigenvalue weighted by Gasteiger charge is -2.24. The highest BCUT2D eigenvalue weighted by Gasteiger charge is 2.28. The average Bonchev–Trinajstić information content (AvgIpc) is 2.23. The topological polar surface area (TPSA) is 32.3 Å². The van der Waals surface area contributed by atoms with Gasteiger partial charge in [-0.2, -0.15) is 0 Å². The Kier molecular flexibility index (Phi) is 3.99. The first-order chi connectivity index (χ1) is 7.40. The van der Waals surface area contributed by atoms with Crippen LogP contribution in [0.4, 0.5) is 8.78 Å². The summed E-state index contributed by atoms with van der Waals surface area (Å²) in [6.45, 7) is 3.50. The van der Waals surface area contributed by atoms with Crippen molar-refractivity contribution in [3.63, 3.8) is 0 Å². The van der Waals surface area contributed by atoms with Crippen LogP contribution in [-0.4, -0.2) is 18.7 Å². The first kappa shape index (κ1) is 13.1. The zero-order chi connectivity index (χ0) is 12.3. The summed E-state index contributed by atoms with van der Waals surface area (Å²) in [5.41, 5.74) is -1.11.